The van der Waals surface area contributed by atoms with Crippen molar-refractivity contribution in [2.24, 2.45) is 0 Å². The van der Waals surface area contributed by atoms with E-state index in [2.05, 4.69) is 5.32 Å². The molecule has 1 atom stereocenters. The maximum absolute atomic E-state index is 14.6. The van der Waals surface area contributed by atoms with Crippen LogP contribution < -0.4 is 14.4 Å². The van der Waals surface area contributed by atoms with Gasteiger partial charge in [0.2, 0.25) is 11.8 Å². The average molecular weight is 674 g/mol. The zero-order valence-electron chi connectivity index (χ0n) is 26.6. The van der Waals surface area contributed by atoms with Crippen LogP contribution >= 0.6 is 11.6 Å². The van der Waals surface area contributed by atoms with Gasteiger partial charge in [0.25, 0.3) is 10.0 Å². The molecule has 0 unspecified atom stereocenters. The fourth-order valence-electron chi connectivity index (χ4n) is 5.87. The van der Waals surface area contributed by atoms with Crippen molar-refractivity contribution in [3.05, 3.63) is 125 Å². The van der Waals surface area contributed by atoms with Gasteiger partial charge in [-0.3, -0.25) is 13.9 Å². The van der Waals surface area contributed by atoms with Crippen molar-refractivity contribution in [2.75, 3.05) is 18.0 Å². The highest BCUT2D eigenvalue weighted by Gasteiger charge is 2.35. The van der Waals surface area contributed by atoms with Crippen molar-refractivity contribution in [3.63, 3.8) is 0 Å². The molecule has 10 heteroatoms. The van der Waals surface area contributed by atoms with Crippen molar-refractivity contribution in [3.8, 4) is 5.75 Å². The molecule has 1 saturated carbocycles. The Morgan fingerprint density at radius 1 is 0.894 bits per heavy atom. The van der Waals surface area contributed by atoms with Crippen LogP contribution in [0, 0.1) is 6.92 Å². The molecule has 5 rings (SSSR count). The van der Waals surface area contributed by atoms with E-state index in [9.17, 15) is 18.0 Å². The lowest BCUT2D eigenvalue weighted by Crippen LogP contribution is -2.54. The zero-order chi connectivity index (χ0) is 33.4. The first kappa shape index (κ1) is 34.0. The summed E-state index contributed by atoms with van der Waals surface area (Å²) in [7, 11) is -2.71. The molecule has 1 fully saturated rings. The fraction of sp³-hybridized carbons (Fsp3) is 0.297. The molecule has 0 bridgehead atoms. The van der Waals surface area contributed by atoms with Gasteiger partial charge in [0.1, 0.15) is 18.3 Å². The van der Waals surface area contributed by atoms with Gasteiger partial charge in [-0.1, -0.05) is 84.6 Å². The Balaban J connectivity index is 1.56. The molecule has 0 heterocycles. The lowest BCUT2D eigenvalue weighted by molar-refractivity contribution is -0.140. The maximum atomic E-state index is 14.6. The van der Waals surface area contributed by atoms with Crippen molar-refractivity contribution in [2.45, 2.75) is 62.6 Å². The minimum absolute atomic E-state index is 0.00729. The second kappa shape index (κ2) is 15.5. The molecule has 0 aliphatic heterocycles. The third-order valence-electron chi connectivity index (χ3n) is 8.46. The lowest BCUT2D eigenvalue weighted by Gasteiger charge is -2.34. The average Bonchev–Trinajstić information content (AvgIpc) is 3.59. The number of benzene rings is 4. The molecule has 0 spiro atoms. The van der Waals surface area contributed by atoms with Gasteiger partial charge in [0.05, 0.1) is 17.7 Å². The number of methoxy groups -OCH3 is 1. The van der Waals surface area contributed by atoms with Crippen LogP contribution in [0.1, 0.15) is 42.4 Å². The second-order valence-electron chi connectivity index (χ2n) is 11.9. The summed E-state index contributed by atoms with van der Waals surface area (Å²) in [5.74, 6) is -0.284. The minimum atomic E-state index is -4.21. The van der Waals surface area contributed by atoms with Crippen LogP contribution in [0.4, 0.5) is 5.69 Å². The number of anilines is 1. The highest BCUT2D eigenvalue weighted by Crippen LogP contribution is 2.27. The number of carbonyl (C=O) groups is 2. The van der Waals surface area contributed by atoms with Crippen molar-refractivity contribution in [1.82, 2.24) is 10.2 Å². The Morgan fingerprint density at radius 2 is 1.55 bits per heavy atom. The fourth-order valence-corrected chi connectivity index (χ4v) is 7.50. The maximum Gasteiger partial charge on any atom is 0.264 e. The summed E-state index contributed by atoms with van der Waals surface area (Å²) in [5, 5.41) is 3.68. The Labute approximate surface area is 282 Å². The number of hydrogen-bond donors (Lipinski definition) is 1. The first-order chi connectivity index (χ1) is 22.6. The van der Waals surface area contributed by atoms with Gasteiger partial charge in [-0.2, -0.15) is 0 Å². The molecular weight excluding hydrogens is 634 g/mol. The van der Waals surface area contributed by atoms with E-state index in [-0.39, 0.29) is 29.8 Å². The molecule has 0 aromatic heterocycles. The van der Waals surface area contributed by atoms with Gasteiger partial charge in [0, 0.05) is 24.0 Å². The first-order valence-electron chi connectivity index (χ1n) is 15.8. The van der Waals surface area contributed by atoms with E-state index in [1.165, 1.54) is 24.1 Å². The van der Waals surface area contributed by atoms with Crippen LogP contribution in [0.25, 0.3) is 0 Å². The second-order valence-corrected chi connectivity index (χ2v) is 14.2. The summed E-state index contributed by atoms with van der Waals surface area (Å²) >= 11 is 6.34. The van der Waals surface area contributed by atoms with Crippen LogP contribution in [-0.4, -0.2) is 50.9 Å². The monoisotopic (exact) mass is 673 g/mol. The minimum Gasteiger partial charge on any atom is -0.497 e. The third-order valence-corrected chi connectivity index (χ3v) is 10.5. The highest BCUT2D eigenvalue weighted by molar-refractivity contribution is 7.92. The number of hydrogen-bond acceptors (Lipinski definition) is 5. The summed E-state index contributed by atoms with van der Waals surface area (Å²) in [6.07, 6.45) is 4.09. The first-order valence-corrected chi connectivity index (χ1v) is 17.6. The molecule has 4 aromatic carbocycles. The van der Waals surface area contributed by atoms with Crippen LogP contribution in [0.2, 0.25) is 5.02 Å². The summed E-state index contributed by atoms with van der Waals surface area (Å²) in [6.45, 7) is 1.43. The topological polar surface area (TPSA) is 96.0 Å². The van der Waals surface area contributed by atoms with Gasteiger partial charge in [-0.25, -0.2) is 8.42 Å². The molecule has 246 valence electrons. The molecule has 8 nitrogen and oxygen atoms in total. The molecular formula is C37H40ClN3O5S. The van der Waals surface area contributed by atoms with E-state index in [0.29, 0.717) is 16.5 Å². The Kier molecular flexibility index (Phi) is 11.2. The van der Waals surface area contributed by atoms with Crippen molar-refractivity contribution in [1.29, 1.82) is 0 Å². The standard InChI is InChI=1S/C37H40ClN3O5S/c1-27-15-17-32(18-16-27)41(47(44,45)34-21-19-33(46-2)20-22-34)26-36(42)40(25-29-11-8-12-30(38)23-29)35(24-28-9-4-3-5-10-28)37(43)39-31-13-6-7-14-31/h3-5,8-12,15-23,31,35H,6-7,13-14,24-26H2,1-2H3,(H,39,43)/t35-/m1/s1. The molecule has 1 aliphatic rings. The lowest BCUT2D eigenvalue weighted by atomic mass is 10.0. The molecule has 4 aromatic rings. The van der Waals surface area contributed by atoms with E-state index < -0.39 is 28.5 Å². The number of carbonyl (C=O) groups excluding carboxylic acids is 2. The Hall–Kier alpha value is -4.34. The van der Waals surface area contributed by atoms with E-state index in [0.717, 1.165) is 46.7 Å². The number of ether oxygens (including phenoxy) is 1. The molecule has 0 radical (unpaired) electrons. The Morgan fingerprint density at radius 3 is 2.19 bits per heavy atom. The molecule has 2 amide bonds. The summed E-state index contributed by atoms with van der Waals surface area (Å²) < 4.78 is 34.8. The van der Waals surface area contributed by atoms with Crippen LogP contribution in [-0.2, 0) is 32.6 Å². The van der Waals surface area contributed by atoms with Crippen LogP contribution in [0.5, 0.6) is 5.75 Å². The predicted octanol–water partition coefficient (Wildman–Crippen LogP) is 6.55. The number of rotatable bonds is 13. The normalized spacial score (nSPS) is 13.9. The number of amides is 2. The highest BCUT2D eigenvalue weighted by atomic mass is 35.5. The van der Waals surface area contributed by atoms with Crippen molar-refractivity contribution >= 4 is 39.1 Å². The predicted molar refractivity (Wildman–Crippen MR) is 185 cm³/mol. The quantitative estimate of drug-likeness (QED) is 0.174. The third kappa shape index (κ3) is 8.73. The number of halogens is 1. The molecule has 1 aliphatic carbocycles. The molecule has 47 heavy (non-hydrogen) atoms. The van der Waals surface area contributed by atoms with Gasteiger partial charge in [-0.05, 0) is 79.4 Å². The summed E-state index contributed by atoms with van der Waals surface area (Å²) in [4.78, 5) is 30.2. The van der Waals surface area contributed by atoms with Gasteiger partial charge < -0.3 is 15.0 Å². The number of nitrogens with zero attached hydrogens (tertiary/aromatic N) is 2. The van der Waals surface area contributed by atoms with Crippen LogP contribution in [0.15, 0.2) is 108 Å². The van der Waals surface area contributed by atoms with Gasteiger partial charge in [-0.15, -0.1) is 0 Å². The van der Waals surface area contributed by atoms with E-state index in [1.54, 1.807) is 54.6 Å². The van der Waals surface area contributed by atoms with Gasteiger partial charge in [0.15, 0.2) is 0 Å². The number of nitrogens with one attached hydrogen (secondary N) is 1. The Bertz CT molecular complexity index is 1760. The zero-order valence-corrected chi connectivity index (χ0v) is 28.2. The summed E-state index contributed by atoms with van der Waals surface area (Å²) in [6, 6.07) is 28.8. The molecule has 1 N–H and O–H groups in total. The largest absolute Gasteiger partial charge is 0.497 e. The molecule has 0 saturated heterocycles. The van der Waals surface area contributed by atoms with E-state index >= 15 is 0 Å². The smallest absolute Gasteiger partial charge is 0.264 e. The number of sulfonamides is 1. The number of aryl methyl sites for hydroxylation is 1. The van der Waals surface area contributed by atoms with E-state index in [4.69, 9.17) is 16.3 Å². The van der Waals surface area contributed by atoms with Crippen molar-refractivity contribution < 1.29 is 22.7 Å². The summed E-state index contributed by atoms with van der Waals surface area (Å²) in [5.41, 5.74) is 2.87. The van der Waals surface area contributed by atoms with E-state index in [1.807, 2.05) is 43.3 Å². The SMILES string of the molecule is COc1ccc(S(=O)(=O)N(CC(=O)N(Cc2cccc(Cl)c2)[C@H](Cc2ccccc2)C(=O)NC2CCCC2)c2ccc(C)cc2)cc1. The van der Waals surface area contributed by atoms with Gasteiger partial charge >= 0.3 is 0 Å². The van der Waals surface area contributed by atoms with Crippen LogP contribution in [0.3, 0.4) is 0 Å².